The molecule has 8 heteroatoms. The summed E-state index contributed by atoms with van der Waals surface area (Å²) in [6.45, 7) is 2.63. The zero-order chi connectivity index (χ0) is 21.3. The Morgan fingerprint density at radius 3 is 2.52 bits per heavy atom. The molecule has 5 nitrogen and oxygen atoms in total. The van der Waals surface area contributed by atoms with E-state index in [0.717, 1.165) is 44.5 Å². The second-order valence-electron chi connectivity index (χ2n) is 9.99. The molecular weight excluding hydrogens is 405 g/mol. The monoisotopic (exact) mass is 430 g/mol. The Labute approximate surface area is 178 Å². The first-order valence-electron chi connectivity index (χ1n) is 11.0. The van der Waals surface area contributed by atoms with Crippen molar-refractivity contribution in [2.45, 2.75) is 37.8 Å². The van der Waals surface area contributed by atoms with Gasteiger partial charge < -0.3 is 15.4 Å². The number of anilines is 1. The molecule has 2 aliphatic heterocycles. The third-order valence-electron chi connectivity index (χ3n) is 7.92. The van der Waals surface area contributed by atoms with Gasteiger partial charge in [0.15, 0.2) is 17.5 Å². The predicted molar refractivity (Wildman–Crippen MR) is 109 cm³/mol. The average Bonchev–Trinajstić information content (AvgIpc) is 3.19. The molecule has 1 aromatic carbocycles. The number of fused-ring (bicyclic) bond motifs is 1. The Bertz CT molecular complexity index is 1000. The first-order chi connectivity index (χ1) is 14.9. The van der Waals surface area contributed by atoms with E-state index in [0.29, 0.717) is 35.3 Å². The molecule has 0 bridgehead atoms. The van der Waals surface area contributed by atoms with E-state index in [1.807, 2.05) is 0 Å². The normalized spacial score (nSPS) is 31.5. The van der Waals surface area contributed by atoms with Gasteiger partial charge in [-0.05, 0) is 61.6 Å². The highest BCUT2D eigenvalue weighted by molar-refractivity contribution is 5.61. The topological polar surface area (TPSA) is 64.3 Å². The van der Waals surface area contributed by atoms with E-state index >= 15 is 0 Å². The molecule has 31 heavy (non-hydrogen) atoms. The van der Waals surface area contributed by atoms with Gasteiger partial charge in [0.25, 0.3) is 0 Å². The number of ether oxygens (including phenoxy) is 1. The molecule has 4 aliphatic rings. The van der Waals surface area contributed by atoms with Gasteiger partial charge in [0, 0.05) is 35.7 Å². The number of halogens is 3. The first kappa shape index (κ1) is 19.5. The van der Waals surface area contributed by atoms with Crippen molar-refractivity contribution in [3.63, 3.8) is 0 Å². The van der Waals surface area contributed by atoms with Gasteiger partial charge in [0.05, 0.1) is 18.9 Å². The summed E-state index contributed by atoms with van der Waals surface area (Å²) < 4.78 is 46.8. The highest BCUT2D eigenvalue weighted by Gasteiger charge is 2.58. The number of hydrogen-bond donors (Lipinski definition) is 1. The van der Waals surface area contributed by atoms with Gasteiger partial charge in [0.2, 0.25) is 0 Å². The van der Waals surface area contributed by atoms with Crippen LogP contribution in [0.3, 0.4) is 0 Å². The fourth-order valence-electron chi connectivity index (χ4n) is 6.57. The van der Waals surface area contributed by atoms with Gasteiger partial charge in [0.1, 0.15) is 5.82 Å². The van der Waals surface area contributed by atoms with E-state index in [-0.39, 0.29) is 17.3 Å². The second kappa shape index (κ2) is 6.90. The summed E-state index contributed by atoms with van der Waals surface area (Å²) in [7, 11) is 0. The molecule has 2 N–H and O–H groups in total. The quantitative estimate of drug-likeness (QED) is 0.755. The van der Waals surface area contributed by atoms with Gasteiger partial charge in [-0.25, -0.2) is 13.2 Å². The van der Waals surface area contributed by atoms with Crippen molar-refractivity contribution in [2.75, 3.05) is 24.7 Å². The minimum absolute atomic E-state index is 0.117. The zero-order valence-electron chi connectivity index (χ0n) is 17.1. The van der Waals surface area contributed by atoms with E-state index in [2.05, 4.69) is 15.1 Å². The Balaban J connectivity index is 1.28. The van der Waals surface area contributed by atoms with Crippen molar-refractivity contribution in [1.29, 1.82) is 0 Å². The van der Waals surface area contributed by atoms with Gasteiger partial charge in [-0.3, -0.25) is 0 Å². The molecule has 3 heterocycles. The summed E-state index contributed by atoms with van der Waals surface area (Å²) in [6, 6.07) is 5.49. The molecule has 164 valence electrons. The molecule has 1 spiro atoms. The summed E-state index contributed by atoms with van der Waals surface area (Å²) in [5.74, 6) is -0.778. The Morgan fingerprint density at radius 1 is 1.03 bits per heavy atom. The minimum atomic E-state index is -1.23. The van der Waals surface area contributed by atoms with Crippen LogP contribution < -0.4 is 10.6 Å². The zero-order valence-corrected chi connectivity index (χ0v) is 17.1. The van der Waals surface area contributed by atoms with Crippen LogP contribution in [0.5, 0.6) is 0 Å². The Hall–Kier alpha value is -2.19. The number of rotatable bonds is 3. The van der Waals surface area contributed by atoms with Crippen molar-refractivity contribution in [1.82, 2.24) is 10.2 Å². The van der Waals surface area contributed by atoms with Crippen molar-refractivity contribution in [3.8, 4) is 11.3 Å². The minimum Gasteiger partial charge on any atom is -0.380 e. The fraction of sp³-hybridized carbons (Fsp3) is 0.565. The van der Waals surface area contributed by atoms with Crippen molar-refractivity contribution >= 4 is 5.82 Å². The maximum absolute atomic E-state index is 14.2. The van der Waals surface area contributed by atoms with Crippen LogP contribution >= 0.6 is 0 Å². The maximum Gasteiger partial charge on any atom is 0.168 e. The molecular formula is C23H25F3N4O. The first-order valence-corrected chi connectivity index (χ1v) is 11.0. The molecule has 2 saturated carbocycles. The van der Waals surface area contributed by atoms with Crippen molar-refractivity contribution in [2.24, 2.45) is 28.9 Å². The lowest BCUT2D eigenvalue weighted by Gasteiger charge is -2.56. The molecule has 0 unspecified atom stereocenters. The molecule has 2 aromatic rings. The molecule has 0 radical (unpaired) electrons. The third kappa shape index (κ3) is 3.06. The highest BCUT2D eigenvalue weighted by Crippen LogP contribution is 2.57. The van der Waals surface area contributed by atoms with Crippen LogP contribution in [0.25, 0.3) is 11.3 Å². The summed E-state index contributed by atoms with van der Waals surface area (Å²) in [4.78, 5) is 2.34. The van der Waals surface area contributed by atoms with Gasteiger partial charge >= 0.3 is 0 Å². The maximum atomic E-state index is 14.2. The SMILES string of the molecule is N[C@H]1C[C@@H]2CN(c3ccc(-c4cc(F)cc(F)c4F)nn3)[C@@H](C3CC4(COC4)C3)[C@H]2C1. The van der Waals surface area contributed by atoms with E-state index in [1.165, 1.54) is 12.8 Å². The standard InChI is InChI=1S/C23H25F3N4O/c24-14-4-17(21(26)18(25)5-14)19-1-2-20(29-28-19)30-9-12-3-15(27)6-16(12)22(30)13-7-23(8-13)10-31-11-23/h1-2,4-5,12-13,15-16,22H,3,6-11,27H2/t12-,15+,16+,22+/m1/s1. The molecule has 1 aromatic heterocycles. The number of benzene rings is 1. The number of aromatic nitrogens is 2. The van der Waals surface area contributed by atoms with Crippen LogP contribution in [0, 0.1) is 40.6 Å². The molecule has 4 atom stereocenters. The van der Waals surface area contributed by atoms with Crippen LogP contribution in [0.4, 0.5) is 19.0 Å². The lowest BCUT2D eigenvalue weighted by molar-refractivity contribution is -0.183. The Morgan fingerprint density at radius 2 is 1.84 bits per heavy atom. The van der Waals surface area contributed by atoms with Crippen LogP contribution in [-0.4, -0.2) is 42.0 Å². The number of nitrogens with zero attached hydrogens (tertiary/aromatic N) is 3. The Kier molecular flexibility index (Phi) is 4.34. The van der Waals surface area contributed by atoms with E-state index in [1.54, 1.807) is 12.1 Å². The van der Waals surface area contributed by atoms with Gasteiger partial charge in [-0.1, -0.05) is 0 Å². The van der Waals surface area contributed by atoms with Gasteiger partial charge in [-0.2, -0.15) is 0 Å². The summed E-state index contributed by atoms with van der Waals surface area (Å²) >= 11 is 0. The average molecular weight is 430 g/mol. The lowest BCUT2D eigenvalue weighted by Crippen LogP contribution is -2.58. The largest absolute Gasteiger partial charge is 0.380 e. The fourth-order valence-corrected chi connectivity index (χ4v) is 6.57. The van der Waals surface area contributed by atoms with Gasteiger partial charge in [-0.15, -0.1) is 10.2 Å². The van der Waals surface area contributed by atoms with Crippen LogP contribution in [-0.2, 0) is 4.74 Å². The molecule has 6 rings (SSSR count). The van der Waals surface area contributed by atoms with Crippen LogP contribution in [0.2, 0.25) is 0 Å². The van der Waals surface area contributed by atoms with Crippen LogP contribution in [0.15, 0.2) is 24.3 Å². The summed E-state index contributed by atoms with van der Waals surface area (Å²) in [5.41, 5.74) is 6.56. The van der Waals surface area contributed by atoms with E-state index in [4.69, 9.17) is 10.5 Å². The van der Waals surface area contributed by atoms with Crippen molar-refractivity contribution in [3.05, 3.63) is 41.7 Å². The second-order valence-corrected chi connectivity index (χ2v) is 9.99. The molecule has 2 saturated heterocycles. The summed E-state index contributed by atoms with van der Waals surface area (Å²) in [6.07, 6.45) is 4.40. The molecule has 2 aliphatic carbocycles. The summed E-state index contributed by atoms with van der Waals surface area (Å²) in [5, 5.41) is 8.48. The molecule has 0 amide bonds. The predicted octanol–water partition coefficient (Wildman–Crippen LogP) is 3.53. The smallest absolute Gasteiger partial charge is 0.168 e. The van der Waals surface area contributed by atoms with Crippen molar-refractivity contribution < 1.29 is 17.9 Å². The molecule has 4 fully saturated rings. The highest BCUT2D eigenvalue weighted by atomic mass is 19.2. The number of hydrogen-bond acceptors (Lipinski definition) is 5. The van der Waals surface area contributed by atoms with E-state index in [9.17, 15) is 13.2 Å². The van der Waals surface area contributed by atoms with E-state index < -0.39 is 17.5 Å². The number of nitrogens with two attached hydrogens (primary N) is 1. The third-order valence-corrected chi connectivity index (χ3v) is 7.92. The van der Waals surface area contributed by atoms with Crippen LogP contribution in [0.1, 0.15) is 25.7 Å². The lowest BCUT2D eigenvalue weighted by atomic mass is 9.57.